The first-order valence-electron chi connectivity index (χ1n) is 6.05. The number of unbranched alkanes of at least 4 members (excludes halogenated alkanes) is 1. The van der Waals surface area contributed by atoms with Crippen LogP contribution in [0, 0.1) is 0 Å². The smallest absolute Gasteiger partial charge is 0.218 e. The Hall–Kier alpha value is -0.790. The number of halogens is 8. The van der Waals surface area contributed by atoms with E-state index in [1.54, 1.807) is 0 Å². The highest BCUT2D eigenvalue weighted by Gasteiger charge is 2.73. The van der Waals surface area contributed by atoms with Gasteiger partial charge in [-0.05, 0) is 30.5 Å². The lowest BCUT2D eigenvalue weighted by Gasteiger charge is -2.30. The second-order valence-electron chi connectivity index (χ2n) is 4.61. The first-order chi connectivity index (χ1) is 9.43. The fraction of sp³-hybridized carbons (Fsp3) is 0.538. The molecular weight excluding hydrogens is 369 g/mol. The summed E-state index contributed by atoms with van der Waals surface area (Å²) in [5.41, 5.74) is -6.62. The summed E-state index contributed by atoms with van der Waals surface area (Å²) in [5.74, 6) is 0. The highest BCUT2D eigenvalue weighted by molar-refractivity contribution is 9.10. The molecule has 0 aliphatic heterocycles. The molecule has 120 valence electrons. The number of hydrogen-bond donors (Lipinski definition) is 0. The van der Waals surface area contributed by atoms with Crippen LogP contribution in [0.4, 0.5) is 30.7 Å². The first kappa shape index (κ1) is 18.3. The van der Waals surface area contributed by atoms with Crippen molar-refractivity contribution in [2.24, 2.45) is 0 Å². The molecule has 0 spiro atoms. The molecule has 0 aromatic heterocycles. The summed E-state index contributed by atoms with van der Waals surface area (Å²) in [6.07, 6.45) is -10.6. The van der Waals surface area contributed by atoms with Crippen LogP contribution in [0.2, 0.25) is 0 Å². The zero-order chi connectivity index (χ0) is 16.5. The molecule has 8 heteroatoms. The van der Waals surface area contributed by atoms with E-state index in [2.05, 4.69) is 15.9 Å². The van der Waals surface area contributed by atoms with Gasteiger partial charge in [0.15, 0.2) is 0 Å². The molecule has 21 heavy (non-hydrogen) atoms. The molecule has 0 saturated heterocycles. The Morgan fingerprint density at radius 3 is 1.86 bits per heavy atom. The molecular formula is C13H12BrF7. The van der Waals surface area contributed by atoms with Crippen molar-refractivity contribution in [3.63, 3.8) is 0 Å². The lowest BCUT2D eigenvalue weighted by molar-refractivity contribution is -0.348. The fourth-order valence-electron chi connectivity index (χ4n) is 1.86. The first-order valence-corrected chi connectivity index (χ1v) is 6.85. The average Bonchev–Trinajstić information content (AvgIpc) is 2.31. The quantitative estimate of drug-likeness (QED) is 0.555. The number of rotatable bonds is 4. The molecule has 0 saturated carbocycles. The third-order valence-corrected chi connectivity index (χ3v) is 3.41. The van der Waals surface area contributed by atoms with Gasteiger partial charge in [0.05, 0.1) is 0 Å². The summed E-state index contributed by atoms with van der Waals surface area (Å²) in [6, 6.07) is 2.52. The molecule has 1 aromatic rings. The van der Waals surface area contributed by atoms with Crippen molar-refractivity contribution in [2.75, 3.05) is 0 Å². The van der Waals surface area contributed by atoms with E-state index in [0.29, 0.717) is 25.0 Å². The minimum absolute atomic E-state index is 0.0263. The molecule has 0 fully saturated rings. The van der Waals surface area contributed by atoms with E-state index in [1.807, 2.05) is 6.92 Å². The van der Waals surface area contributed by atoms with Crippen molar-refractivity contribution >= 4 is 15.9 Å². The monoisotopic (exact) mass is 380 g/mol. The van der Waals surface area contributed by atoms with Gasteiger partial charge in [0, 0.05) is 10.0 Å². The average molecular weight is 381 g/mol. The molecule has 0 heterocycles. The van der Waals surface area contributed by atoms with Crippen LogP contribution in [-0.2, 0) is 12.1 Å². The molecule has 1 rings (SSSR count). The predicted octanol–water partition coefficient (Wildman–Crippen LogP) is 6.08. The lowest BCUT2D eigenvalue weighted by atomic mass is 9.92. The zero-order valence-electron chi connectivity index (χ0n) is 10.9. The van der Waals surface area contributed by atoms with E-state index in [0.717, 1.165) is 0 Å². The predicted molar refractivity (Wildman–Crippen MR) is 67.7 cm³/mol. The van der Waals surface area contributed by atoms with E-state index in [9.17, 15) is 30.7 Å². The maximum Gasteiger partial charge on any atom is 0.435 e. The topological polar surface area (TPSA) is 0 Å². The fourth-order valence-corrected chi connectivity index (χ4v) is 2.40. The van der Waals surface area contributed by atoms with E-state index >= 15 is 0 Å². The molecule has 0 nitrogen and oxygen atoms in total. The van der Waals surface area contributed by atoms with Gasteiger partial charge in [-0.3, -0.25) is 0 Å². The molecule has 0 radical (unpaired) electrons. The van der Waals surface area contributed by atoms with Crippen LogP contribution in [0.5, 0.6) is 0 Å². The Labute approximate surface area is 125 Å². The van der Waals surface area contributed by atoms with Crippen molar-refractivity contribution < 1.29 is 30.7 Å². The number of alkyl halides is 7. The van der Waals surface area contributed by atoms with Crippen molar-refractivity contribution in [3.8, 4) is 0 Å². The van der Waals surface area contributed by atoms with Crippen molar-refractivity contribution in [3.05, 3.63) is 33.8 Å². The van der Waals surface area contributed by atoms with Gasteiger partial charge in [-0.25, -0.2) is 4.39 Å². The van der Waals surface area contributed by atoms with E-state index in [-0.39, 0.29) is 16.5 Å². The SMILES string of the molecule is CCCCc1cc(Br)cc(C(F)(C(F)(F)F)C(F)(F)F)c1. The maximum atomic E-state index is 13.9. The Bertz CT molecular complexity index is 476. The molecule has 0 atom stereocenters. The Kier molecular flexibility index (Phi) is 5.34. The lowest BCUT2D eigenvalue weighted by Crippen LogP contribution is -2.50. The van der Waals surface area contributed by atoms with Crippen molar-refractivity contribution in [2.45, 2.75) is 44.2 Å². The normalized spacial score (nSPS) is 13.6. The van der Waals surface area contributed by atoms with Gasteiger partial charge in [0.25, 0.3) is 0 Å². The van der Waals surface area contributed by atoms with E-state index < -0.39 is 23.6 Å². The van der Waals surface area contributed by atoms with Crippen molar-refractivity contribution in [1.29, 1.82) is 0 Å². The van der Waals surface area contributed by atoms with E-state index in [1.165, 1.54) is 6.07 Å². The molecule has 0 amide bonds. The standard InChI is InChI=1S/C13H12BrF7/c1-2-3-4-8-5-9(7-10(14)6-8)11(15,12(16,17)18)13(19,20)21/h5-7H,2-4H2,1H3. The third kappa shape index (κ3) is 3.70. The Morgan fingerprint density at radius 2 is 1.43 bits per heavy atom. The molecule has 0 N–H and O–H groups in total. The maximum absolute atomic E-state index is 13.9. The van der Waals surface area contributed by atoms with Gasteiger partial charge >= 0.3 is 18.0 Å². The summed E-state index contributed by atoms with van der Waals surface area (Å²) in [6.45, 7) is 1.82. The molecule has 1 aromatic carbocycles. The van der Waals surface area contributed by atoms with Crippen LogP contribution < -0.4 is 0 Å². The van der Waals surface area contributed by atoms with Gasteiger partial charge in [-0.1, -0.05) is 35.3 Å². The van der Waals surface area contributed by atoms with Crippen molar-refractivity contribution in [1.82, 2.24) is 0 Å². The van der Waals surface area contributed by atoms with Crippen LogP contribution in [0.15, 0.2) is 22.7 Å². The van der Waals surface area contributed by atoms with Gasteiger partial charge in [-0.15, -0.1) is 0 Å². The summed E-state index contributed by atoms with van der Waals surface area (Å²) >= 11 is 2.83. The second-order valence-corrected chi connectivity index (χ2v) is 5.52. The largest absolute Gasteiger partial charge is 0.435 e. The van der Waals surface area contributed by atoms with Crippen LogP contribution >= 0.6 is 15.9 Å². The van der Waals surface area contributed by atoms with Crippen LogP contribution in [0.1, 0.15) is 30.9 Å². The second kappa shape index (κ2) is 6.14. The number of benzene rings is 1. The highest BCUT2D eigenvalue weighted by atomic mass is 79.9. The van der Waals surface area contributed by atoms with Gasteiger partial charge in [0.2, 0.25) is 0 Å². The molecule has 0 unspecified atom stereocenters. The van der Waals surface area contributed by atoms with Crippen LogP contribution in [0.25, 0.3) is 0 Å². The van der Waals surface area contributed by atoms with Gasteiger partial charge in [0.1, 0.15) is 0 Å². The summed E-state index contributed by atoms with van der Waals surface area (Å²) in [5, 5.41) is 0. The van der Waals surface area contributed by atoms with Crippen LogP contribution in [-0.4, -0.2) is 12.4 Å². The molecule has 0 aliphatic rings. The zero-order valence-corrected chi connectivity index (χ0v) is 12.5. The summed E-state index contributed by atoms with van der Waals surface area (Å²) in [4.78, 5) is 0. The van der Waals surface area contributed by atoms with E-state index in [4.69, 9.17) is 0 Å². The van der Waals surface area contributed by atoms with Crippen LogP contribution in [0.3, 0.4) is 0 Å². The minimum Gasteiger partial charge on any atom is -0.218 e. The number of hydrogen-bond acceptors (Lipinski definition) is 0. The highest BCUT2D eigenvalue weighted by Crippen LogP contribution is 2.53. The minimum atomic E-state index is -6.09. The van der Waals surface area contributed by atoms with Gasteiger partial charge < -0.3 is 0 Å². The molecule has 0 bridgehead atoms. The Morgan fingerprint density at radius 1 is 0.905 bits per heavy atom. The van der Waals surface area contributed by atoms with Gasteiger partial charge in [-0.2, -0.15) is 26.3 Å². The summed E-state index contributed by atoms with van der Waals surface area (Å²) < 4.78 is 90.1. The number of aryl methyl sites for hydroxylation is 1. The Balaban J connectivity index is 3.43. The molecule has 0 aliphatic carbocycles. The summed E-state index contributed by atoms with van der Waals surface area (Å²) in [7, 11) is 0. The third-order valence-electron chi connectivity index (χ3n) is 2.96.